The first kappa shape index (κ1) is 25.7. The normalized spacial score (nSPS) is 26.9. The maximum absolute atomic E-state index is 13.4. The lowest BCUT2D eigenvalue weighted by Gasteiger charge is -2.43. The Balaban J connectivity index is 1.50. The van der Waals surface area contributed by atoms with Crippen LogP contribution in [0.5, 0.6) is 0 Å². The molecule has 198 valence electrons. The lowest BCUT2D eigenvalue weighted by molar-refractivity contribution is -0.143. The molecule has 4 unspecified atom stereocenters. The molecular weight excluding hydrogens is 500 g/mol. The van der Waals surface area contributed by atoms with Crippen molar-refractivity contribution in [3.63, 3.8) is 0 Å². The fraction of sp³-hybridized carbons (Fsp3) is 0.480. The van der Waals surface area contributed by atoms with Crippen molar-refractivity contribution in [3.8, 4) is 0 Å². The van der Waals surface area contributed by atoms with Gasteiger partial charge in [-0.15, -0.1) is 5.10 Å². The topological polar surface area (TPSA) is 64.9 Å². The number of piperidine rings is 1. The zero-order chi connectivity index (χ0) is 26.6. The number of ether oxygens (including phenoxy) is 1. The van der Waals surface area contributed by atoms with Gasteiger partial charge in [-0.1, -0.05) is 30.3 Å². The van der Waals surface area contributed by atoms with Crippen LogP contribution in [-0.2, 0) is 29.7 Å². The Kier molecular flexibility index (Phi) is 6.30. The second kappa shape index (κ2) is 9.09. The molecule has 2 fully saturated rings. The van der Waals surface area contributed by atoms with E-state index >= 15 is 0 Å². The molecule has 1 N–H and O–H groups in total. The Hall–Kier alpha value is -2.99. The number of benzene rings is 2. The molecule has 0 radical (unpaired) electrons. The summed E-state index contributed by atoms with van der Waals surface area (Å²) in [6.07, 6.45) is -9.60. The highest BCUT2D eigenvalue weighted by Crippen LogP contribution is 2.51. The molecule has 5 atom stereocenters. The van der Waals surface area contributed by atoms with Crippen LogP contribution in [0.25, 0.3) is 0 Å². The molecule has 0 aliphatic carbocycles. The quantitative estimate of drug-likeness (QED) is 0.444. The minimum absolute atomic E-state index is 0.0328. The smallest absolute Gasteiger partial charge is 0.368 e. The first-order valence-corrected chi connectivity index (χ1v) is 11.9. The van der Waals surface area contributed by atoms with Crippen molar-refractivity contribution in [1.29, 1.82) is 0 Å². The summed E-state index contributed by atoms with van der Waals surface area (Å²) in [6, 6.07) is 11.2. The third-order valence-corrected chi connectivity index (χ3v) is 7.48. The fourth-order valence-corrected chi connectivity index (χ4v) is 5.72. The van der Waals surface area contributed by atoms with Crippen molar-refractivity contribution in [1.82, 2.24) is 25.5 Å². The van der Waals surface area contributed by atoms with E-state index in [1.165, 1.54) is 6.92 Å². The van der Waals surface area contributed by atoms with Gasteiger partial charge in [0.2, 0.25) is 0 Å². The summed E-state index contributed by atoms with van der Waals surface area (Å²) in [5.74, 6) is 0.659. The van der Waals surface area contributed by atoms with Gasteiger partial charge in [0.25, 0.3) is 0 Å². The predicted octanol–water partition coefficient (Wildman–Crippen LogP) is 5.53. The minimum atomic E-state index is -4.93. The number of aryl methyl sites for hydroxylation is 1. The average Bonchev–Trinajstić information content (AvgIpc) is 3.41. The summed E-state index contributed by atoms with van der Waals surface area (Å²) in [5, 5.41) is 15.6. The first-order chi connectivity index (χ1) is 17.4. The van der Waals surface area contributed by atoms with Crippen LogP contribution < -0.4 is 5.32 Å². The molecule has 0 amide bonds. The molecule has 12 heteroatoms. The lowest BCUT2D eigenvalue weighted by Crippen LogP contribution is -2.54. The van der Waals surface area contributed by atoms with Crippen molar-refractivity contribution >= 4 is 0 Å². The molecule has 37 heavy (non-hydrogen) atoms. The van der Waals surface area contributed by atoms with E-state index in [0.717, 1.165) is 17.7 Å². The van der Waals surface area contributed by atoms with Crippen molar-refractivity contribution < 1.29 is 31.1 Å². The zero-order valence-electron chi connectivity index (χ0n) is 20.0. The van der Waals surface area contributed by atoms with Crippen LogP contribution in [0.4, 0.5) is 26.3 Å². The Morgan fingerprint density at radius 3 is 2.22 bits per heavy atom. The van der Waals surface area contributed by atoms with Crippen LogP contribution in [0, 0.1) is 0 Å². The number of fused-ring (bicyclic) bond motifs is 2. The predicted molar refractivity (Wildman–Crippen MR) is 120 cm³/mol. The monoisotopic (exact) mass is 525 g/mol. The van der Waals surface area contributed by atoms with E-state index in [1.54, 1.807) is 11.7 Å². The second-order valence-electron chi connectivity index (χ2n) is 9.74. The van der Waals surface area contributed by atoms with Crippen LogP contribution in [0.2, 0.25) is 0 Å². The van der Waals surface area contributed by atoms with Crippen LogP contribution in [0.1, 0.15) is 66.3 Å². The molecule has 2 aliphatic rings. The third kappa shape index (κ3) is 4.72. The molecule has 6 nitrogen and oxygen atoms in total. The van der Waals surface area contributed by atoms with Gasteiger partial charge in [0, 0.05) is 19.0 Å². The summed E-state index contributed by atoms with van der Waals surface area (Å²) in [7, 11) is 1.76. The van der Waals surface area contributed by atoms with Crippen molar-refractivity contribution in [2.24, 2.45) is 7.05 Å². The first-order valence-electron chi connectivity index (χ1n) is 11.9. The maximum atomic E-state index is 13.4. The average molecular weight is 525 g/mol. The number of alkyl halides is 6. The van der Waals surface area contributed by atoms with Gasteiger partial charge in [-0.3, -0.25) is 0 Å². The van der Waals surface area contributed by atoms with Crippen LogP contribution >= 0.6 is 0 Å². The number of hydrogen-bond donors (Lipinski definition) is 1. The van der Waals surface area contributed by atoms with Gasteiger partial charge in [-0.05, 0) is 65.9 Å². The molecule has 2 aliphatic heterocycles. The van der Waals surface area contributed by atoms with E-state index in [-0.39, 0.29) is 23.6 Å². The highest BCUT2D eigenvalue weighted by Gasteiger charge is 2.56. The lowest BCUT2D eigenvalue weighted by atomic mass is 9.79. The molecule has 0 spiro atoms. The second-order valence-corrected chi connectivity index (χ2v) is 9.74. The van der Waals surface area contributed by atoms with Gasteiger partial charge >= 0.3 is 12.4 Å². The van der Waals surface area contributed by atoms with E-state index in [9.17, 15) is 26.3 Å². The SMILES string of the molecule is C[C@H](OC1CCC2NC1(c1ccccc1)CC2c1nnnn1C)c1cc(C(F)(F)F)cc(C(F)(F)F)c1. The number of halogens is 6. The number of nitrogens with zero attached hydrogens (tertiary/aromatic N) is 4. The van der Waals surface area contributed by atoms with Gasteiger partial charge in [-0.25, -0.2) is 4.68 Å². The Morgan fingerprint density at radius 2 is 1.65 bits per heavy atom. The number of tetrazole rings is 1. The summed E-state index contributed by atoms with van der Waals surface area (Å²) >= 11 is 0. The van der Waals surface area contributed by atoms with E-state index in [2.05, 4.69) is 20.8 Å². The summed E-state index contributed by atoms with van der Waals surface area (Å²) in [4.78, 5) is 0. The molecule has 5 rings (SSSR count). The van der Waals surface area contributed by atoms with Crippen LogP contribution in [0.3, 0.4) is 0 Å². The van der Waals surface area contributed by atoms with E-state index < -0.39 is 41.2 Å². The molecule has 0 saturated carbocycles. The Bertz CT molecular complexity index is 1230. The zero-order valence-corrected chi connectivity index (χ0v) is 20.0. The van der Waals surface area contributed by atoms with Gasteiger partial charge in [0.1, 0.15) is 0 Å². The fourth-order valence-electron chi connectivity index (χ4n) is 5.72. The molecular formula is C25H25F6N5O. The minimum Gasteiger partial charge on any atom is -0.368 e. The Labute approximate surface area is 209 Å². The van der Waals surface area contributed by atoms with Gasteiger partial charge in [0.05, 0.1) is 28.9 Å². The number of hydrogen-bond acceptors (Lipinski definition) is 5. The number of nitrogens with one attached hydrogen (secondary N) is 1. The number of aromatic nitrogens is 4. The summed E-state index contributed by atoms with van der Waals surface area (Å²) in [5.41, 5.74) is -2.69. The van der Waals surface area contributed by atoms with Crippen molar-refractivity contribution in [3.05, 3.63) is 76.6 Å². The summed E-state index contributed by atoms with van der Waals surface area (Å²) in [6.45, 7) is 1.49. The third-order valence-electron chi connectivity index (χ3n) is 7.48. The van der Waals surface area contributed by atoms with Crippen molar-refractivity contribution in [2.75, 3.05) is 0 Å². The van der Waals surface area contributed by atoms with E-state index in [0.29, 0.717) is 25.1 Å². The van der Waals surface area contributed by atoms with Crippen LogP contribution in [-0.4, -0.2) is 32.4 Å². The van der Waals surface area contributed by atoms with Crippen molar-refractivity contribution in [2.45, 2.75) is 68.2 Å². The Morgan fingerprint density at radius 1 is 1.00 bits per heavy atom. The molecule has 3 aromatic rings. The van der Waals surface area contributed by atoms with E-state index in [4.69, 9.17) is 4.74 Å². The highest BCUT2D eigenvalue weighted by molar-refractivity contribution is 5.36. The van der Waals surface area contributed by atoms with Crippen LogP contribution in [0.15, 0.2) is 48.5 Å². The molecule has 3 heterocycles. The van der Waals surface area contributed by atoms with E-state index in [1.807, 2.05) is 30.3 Å². The summed E-state index contributed by atoms with van der Waals surface area (Å²) < 4.78 is 88.6. The standard InChI is InChI=1S/C25H25F6N5O/c1-14(15-10-17(24(26,27)28)12-18(11-15)25(29,30)31)37-21-9-8-20-19(22-33-34-35-36(22)2)13-23(21,32-20)16-6-4-3-5-7-16/h3-7,10-12,14,19-21,32H,8-9,13H2,1-2H3/t14-,19?,20?,21?,23?/m0/s1. The van der Waals surface area contributed by atoms with Gasteiger partial charge in [-0.2, -0.15) is 26.3 Å². The molecule has 2 aromatic carbocycles. The molecule has 1 aromatic heterocycles. The molecule has 2 saturated heterocycles. The number of rotatable bonds is 5. The van der Waals surface area contributed by atoms with Gasteiger partial charge in [0.15, 0.2) is 5.82 Å². The molecule has 2 bridgehead atoms. The maximum Gasteiger partial charge on any atom is 0.416 e. The highest BCUT2D eigenvalue weighted by atomic mass is 19.4. The van der Waals surface area contributed by atoms with Gasteiger partial charge < -0.3 is 10.1 Å². The largest absolute Gasteiger partial charge is 0.416 e.